The number of nitrogens with one attached hydrogen (secondary N) is 1. The summed E-state index contributed by atoms with van der Waals surface area (Å²) in [7, 11) is 0. The average Bonchev–Trinajstić information content (AvgIpc) is 3.59. The zero-order valence-electron chi connectivity index (χ0n) is 18.7. The normalized spacial score (nSPS) is 17.7. The van der Waals surface area contributed by atoms with Gasteiger partial charge in [0.1, 0.15) is 11.1 Å². The molecule has 1 N–H and O–H groups in total. The van der Waals surface area contributed by atoms with Crippen LogP contribution in [0.2, 0.25) is 0 Å². The molecule has 5 rings (SSSR count). The number of halogens is 1. The van der Waals surface area contributed by atoms with Crippen LogP contribution in [0.3, 0.4) is 0 Å². The van der Waals surface area contributed by atoms with Gasteiger partial charge in [0.2, 0.25) is 11.9 Å². The summed E-state index contributed by atoms with van der Waals surface area (Å²) in [6.07, 6.45) is 4.54. The maximum absolute atomic E-state index is 13.4. The highest BCUT2D eigenvalue weighted by atomic mass is 32.2. The standard InChI is InChI=1S/C25H28FN5OS/c1-17-13-15-30(16-14-17)24-28-29-25(31(24)21-11-12-21)33-22(18-5-3-2-4-6-18)23(32)27-20-9-7-19(26)8-10-20/h2-10,17,21-22H,11-16H2,1H3,(H,27,32). The predicted octanol–water partition coefficient (Wildman–Crippen LogP) is 5.46. The van der Waals surface area contributed by atoms with Gasteiger partial charge < -0.3 is 10.2 Å². The molecule has 1 unspecified atom stereocenters. The van der Waals surface area contributed by atoms with Gasteiger partial charge >= 0.3 is 0 Å². The first kappa shape index (κ1) is 21.9. The summed E-state index contributed by atoms with van der Waals surface area (Å²) < 4.78 is 15.5. The van der Waals surface area contributed by atoms with E-state index >= 15 is 0 Å². The fourth-order valence-electron chi connectivity index (χ4n) is 4.17. The molecule has 0 radical (unpaired) electrons. The minimum absolute atomic E-state index is 0.170. The molecule has 2 aromatic carbocycles. The largest absolute Gasteiger partial charge is 0.341 e. The molecule has 8 heteroatoms. The van der Waals surface area contributed by atoms with Gasteiger partial charge in [-0.05, 0) is 61.4 Å². The lowest BCUT2D eigenvalue weighted by Gasteiger charge is -2.31. The summed E-state index contributed by atoms with van der Waals surface area (Å²) in [6, 6.07) is 15.9. The number of benzene rings is 2. The van der Waals surface area contributed by atoms with E-state index in [1.54, 1.807) is 12.1 Å². The molecule has 0 spiro atoms. The summed E-state index contributed by atoms with van der Waals surface area (Å²) in [5.74, 6) is 1.17. The van der Waals surface area contributed by atoms with Gasteiger partial charge in [0.15, 0.2) is 5.16 Å². The van der Waals surface area contributed by atoms with Crippen molar-refractivity contribution in [3.8, 4) is 0 Å². The molecule has 0 bridgehead atoms. The second-order valence-corrected chi connectivity index (χ2v) is 10.0. The number of carbonyl (C=O) groups excluding carboxylic acids is 1. The fraction of sp³-hybridized carbons (Fsp3) is 0.400. The predicted molar refractivity (Wildman–Crippen MR) is 129 cm³/mol. The number of thioether (sulfide) groups is 1. The highest BCUT2D eigenvalue weighted by Crippen LogP contribution is 2.44. The summed E-state index contributed by atoms with van der Waals surface area (Å²) in [4.78, 5) is 15.7. The Morgan fingerprint density at radius 3 is 2.39 bits per heavy atom. The lowest BCUT2D eigenvalue weighted by molar-refractivity contribution is -0.115. The van der Waals surface area contributed by atoms with Crippen LogP contribution >= 0.6 is 11.8 Å². The quantitative estimate of drug-likeness (QED) is 0.470. The van der Waals surface area contributed by atoms with Crippen LogP contribution in [0.4, 0.5) is 16.0 Å². The minimum atomic E-state index is -0.507. The lowest BCUT2D eigenvalue weighted by Crippen LogP contribution is -2.34. The van der Waals surface area contributed by atoms with Crippen molar-refractivity contribution in [2.24, 2.45) is 5.92 Å². The van der Waals surface area contributed by atoms with Gasteiger partial charge in [-0.3, -0.25) is 9.36 Å². The van der Waals surface area contributed by atoms with Crippen molar-refractivity contribution in [3.63, 3.8) is 0 Å². The summed E-state index contributed by atoms with van der Waals surface area (Å²) in [5.41, 5.74) is 1.45. The SMILES string of the molecule is CC1CCN(c2nnc(SC(C(=O)Nc3ccc(F)cc3)c3ccccc3)n2C2CC2)CC1. The molecular weight excluding hydrogens is 437 g/mol. The van der Waals surface area contributed by atoms with E-state index in [9.17, 15) is 9.18 Å². The van der Waals surface area contributed by atoms with E-state index in [2.05, 4.69) is 31.9 Å². The third-order valence-electron chi connectivity index (χ3n) is 6.30. The first-order chi connectivity index (χ1) is 16.1. The van der Waals surface area contributed by atoms with Crippen LogP contribution in [0.15, 0.2) is 59.8 Å². The maximum atomic E-state index is 13.4. The number of hydrogen-bond donors (Lipinski definition) is 1. The van der Waals surface area contributed by atoms with Crippen molar-refractivity contribution < 1.29 is 9.18 Å². The van der Waals surface area contributed by atoms with Crippen molar-refractivity contribution in [2.45, 2.75) is 49.1 Å². The van der Waals surface area contributed by atoms with E-state index in [0.29, 0.717) is 11.7 Å². The van der Waals surface area contributed by atoms with Gasteiger partial charge in [0, 0.05) is 24.8 Å². The number of hydrogen-bond acceptors (Lipinski definition) is 5. The minimum Gasteiger partial charge on any atom is -0.341 e. The molecule has 2 heterocycles. The Morgan fingerprint density at radius 1 is 1.03 bits per heavy atom. The van der Waals surface area contributed by atoms with Gasteiger partial charge in [-0.1, -0.05) is 49.0 Å². The molecule has 3 aromatic rings. The number of carbonyl (C=O) groups is 1. The second kappa shape index (κ2) is 9.55. The van der Waals surface area contributed by atoms with Crippen LogP contribution in [0.1, 0.15) is 49.5 Å². The molecule has 1 atom stereocenters. The Hall–Kier alpha value is -2.87. The van der Waals surface area contributed by atoms with Gasteiger partial charge in [0.25, 0.3) is 0 Å². The average molecular weight is 466 g/mol. The first-order valence-corrected chi connectivity index (χ1v) is 12.4. The highest BCUT2D eigenvalue weighted by molar-refractivity contribution is 8.00. The molecule has 1 saturated heterocycles. The third-order valence-corrected chi connectivity index (χ3v) is 7.51. The van der Waals surface area contributed by atoms with E-state index < -0.39 is 5.25 Å². The summed E-state index contributed by atoms with van der Waals surface area (Å²) in [5, 5.41) is 12.3. The number of aromatic nitrogens is 3. The van der Waals surface area contributed by atoms with Gasteiger partial charge in [0.05, 0.1) is 0 Å². The van der Waals surface area contributed by atoms with Crippen LogP contribution < -0.4 is 10.2 Å². The molecule has 2 aliphatic rings. The van der Waals surface area contributed by atoms with Crippen molar-refractivity contribution in [1.29, 1.82) is 0 Å². The Morgan fingerprint density at radius 2 is 1.73 bits per heavy atom. The smallest absolute Gasteiger partial charge is 0.242 e. The molecule has 33 heavy (non-hydrogen) atoms. The number of nitrogens with zero attached hydrogens (tertiary/aromatic N) is 4. The van der Waals surface area contributed by atoms with Crippen LogP contribution in [0, 0.1) is 11.7 Å². The van der Waals surface area contributed by atoms with E-state index in [4.69, 9.17) is 0 Å². The maximum Gasteiger partial charge on any atom is 0.242 e. The van der Waals surface area contributed by atoms with E-state index in [0.717, 1.165) is 61.4 Å². The Kier molecular flexibility index (Phi) is 6.35. The zero-order valence-corrected chi connectivity index (χ0v) is 19.5. The van der Waals surface area contributed by atoms with Crippen LogP contribution in [-0.4, -0.2) is 33.8 Å². The Bertz CT molecular complexity index is 1090. The fourth-order valence-corrected chi connectivity index (χ4v) is 5.28. The van der Waals surface area contributed by atoms with Crippen LogP contribution in [-0.2, 0) is 4.79 Å². The summed E-state index contributed by atoms with van der Waals surface area (Å²) in [6.45, 7) is 4.28. The monoisotopic (exact) mass is 465 g/mol. The van der Waals surface area contributed by atoms with Crippen LogP contribution in [0.25, 0.3) is 0 Å². The molecular formula is C25H28FN5OS. The van der Waals surface area contributed by atoms with E-state index in [-0.39, 0.29) is 11.7 Å². The molecule has 6 nitrogen and oxygen atoms in total. The number of piperidine rings is 1. The molecule has 1 aromatic heterocycles. The van der Waals surface area contributed by atoms with Crippen molar-refractivity contribution in [3.05, 3.63) is 66.0 Å². The third kappa shape index (κ3) is 5.05. The van der Waals surface area contributed by atoms with E-state index in [1.807, 2.05) is 30.3 Å². The molecule has 1 amide bonds. The topological polar surface area (TPSA) is 63.1 Å². The van der Waals surface area contributed by atoms with Crippen molar-refractivity contribution >= 4 is 29.3 Å². The summed E-state index contributed by atoms with van der Waals surface area (Å²) >= 11 is 1.43. The molecule has 2 fully saturated rings. The molecule has 172 valence electrons. The van der Waals surface area contributed by atoms with Crippen LogP contribution in [0.5, 0.6) is 0 Å². The second-order valence-electron chi connectivity index (χ2n) is 8.96. The molecule has 1 saturated carbocycles. The van der Waals surface area contributed by atoms with Crippen molar-refractivity contribution in [2.75, 3.05) is 23.3 Å². The Balaban J connectivity index is 1.42. The number of amides is 1. The zero-order chi connectivity index (χ0) is 22.8. The van der Waals surface area contributed by atoms with Crippen molar-refractivity contribution in [1.82, 2.24) is 14.8 Å². The highest BCUT2D eigenvalue weighted by Gasteiger charge is 2.34. The Labute approximate surface area is 197 Å². The molecule has 1 aliphatic heterocycles. The first-order valence-electron chi connectivity index (χ1n) is 11.6. The van der Waals surface area contributed by atoms with Gasteiger partial charge in [-0.15, -0.1) is 10.2 Å². The van der Waals surface area contributed by atoms with Gasteiger partial charge in [-0.2, -0.15) is 0 Å². The van der Waals surface area contributed by atoms with Gasteiger partial charge in [-0.25, -0.2) is 4.39 Å². The van der Waals surface area contributed by atoms with E-state index in [1.165, 1.54) is 23.9 Å². The number of anilines is 2. The number of rotatable bonds is 7. The lowest BCUT2D eigenvalue weighted by atomic mass is 10.00. The molecule has 1 aliphatic carbocycles.